The Morgan fingerprint density at radius 1 is 1.10 bits per heavy atom. The van der Waals surface area contributed by atoms with Gasteiger partial charge in [0.2, 0.25) is 0 Å². The number of carbonyl (C=O) groups excluding carboxylic acids is 2. The van der Waals surface area contributed by atoms with E-state index < -0.39 is 0 Å². The average Bonchev–Trinajstić information content (AvgIpc) is 2.82. The van der Waals surface area contributed by atoms with E-state index in [1.165, 1.54) is 0 Å². The smallest absolute Gasteiger partial charge is 0.317 e. The lowest BCUT2D eigenvalue weighted by atomic mass is 9.89. The third kappa shape index (κ3) is 5.69. The summed E-state index contributed by atoms with van der Waals surface area (Å²) in [5.74, 6) is 1.46. The number of carbonyl (C=O) groups is 2. The molecule has 0 radical (unpaired) electrons. The van der Waals surface area contributed by atoms with E-state index in [-0.39, 0.29) is 17.9 Å². The maximum absolute atomic E-state index is 12.8. The first-order valence-corrected chi connectivity index (χ1v) is 10.7. The molecule has 0 aromatic heterocycles. The summed E-state index contributed by atoms with van der Waals surface area (Å²) in [6, 6.07) is 13.2. The molecule has 7 heteroatoms. The molecule has 0 saturated carbocycles. The Labute approximate surface area is 183 Å². The highest BCUT2D eigenvalue weighted by Crippen LogP contribution is 2.28. The molecule has 1 atom stereocenters. The summed E-state index contributed by atoms with van der Waals surface area (Å²) in [6.45, 7) is 4.33. The van der Waals surface area contributed by atoms with Gasteiger partial charge in [-0.15, -0.1) is 0 Å². The number of hydrogen-bond acceptors (Lipinski definition) is 4. The molecule has 31 heavy (non-hydrogen) atoms. The summed E-state index contributed by atoms with van der Waals surface area (Å²) < 4.78 is 10.6. The molecule has 2 aromatic carbocycles. The molecule has 1 heterocycles. The first-order valence-electron chi connectivity index (χ1n) is 10.7. The summed E-state index contributed by atoms with van der Waals surface area (Å²) in [5.41, 5.74) is 2.57. The van der Waals surface area contributed by atoms with Gasteiger partial charge < -0.3 is 25.0 Å². The monoisotopic (exact) mass is 425 g/mol. The minimum atomic E-state index is -0.142. The average molecular weight is 426 g/mol. The fourth-order valence-electron chi connectivity index (χ4n) is 3.91. The Morgan fingerprint density at radius 3 is 2.68 bits per heavy atom. The number of hydrogen-bond donors (Lipinski definition) is 2. The number of methoxy groups -OCH3 is 2. The molecule has 1 aliphatic rings. The van der Waals surface area contributed by atoms with Crippen LogP contribution in [0.4, 0.5) is 4.79 Å². The van der Waals surface area contributed by atoms with Gasteiger partial charge in [0.05, 0.1) is 14.2 Å². The van der Waals surface area contributed by atoms with E-state index in [9.17, 15) is 9.59 Å². The zero-order chi connectivity index (χ0) is 22.2. The molecule has 1 saturated heterocycles. The maximum atomic E-state index is 12.8. The van der Waals surface area contributed by atoms with E-state index >= 15 is 0 Å². The van der Waals surface area contributed by atoms with Crippen LogP contribution in [0.2, 0.25) is 0 Å². The molecule has 166 valence electrons. The van der Waals surface area contributed by atoms with Crippen molar-refractivity contribution >= 4 is 11.9 Å². The lowest BCUT2D eigenvalue weighted by Gasteiger charge is -2.33. The van der Waals surface area contributed by atoms with E-state index in [4.69, 9.17) is 9.47 Å². The zero-order valence-corrected chi connectivity index (χ0v) is 18.4. The largest absolute Gasteiger partial charge is 0.497 e. The SMILES string of the molecule is CCNC(=O)N1CCCC(c2cccc(C(=O)NCc3ccc(OC)cc3OC)c2)C1. The Bertz CT molecular complexity index is 915. The van der Waals surface area contributed by atoms with E-state index in [1.54, 1.807) is 20.3 Å². The normalized spacial score (nSPS) is 15.8. The quantitative estimate of drug-likeness (QED) is 0.711. The van der Waals surface area contributed by atoms with Crippen molar-refractivity contribution < 1.29 is 19.1 Å². The fraction of sp³-hybridized carbons (Fsp3) is 0.417. The molecule has 1 aliphatic heterocycles. The van der Waals surface area contributed by atoms with Crippen LogP contribution in [0, 0.1) is 0 Å². The van der Waals surface area contributed by atoms with Crippen molar-refractivity contribution in [1.29, 1.82) is 0 Å². The Morgan fingerprint density at radius 2 is 1.94 bits per heavy atom. The maximum Gasteiger partial charge on any atom is 0.317 e. The van der Waals surface area contributed by atoms with Crippen molar-refractivity contribution in [2.24, 2.45) is 0 Å². The molecular weight excluding hydrogens is 394 g/mol. The number of nitrogens with one attached hydrogen (secondary N) is 2. The van der Waals surface area contributed by atoms with Crippen molar-refractivity contribution in [3.63, 3.8) is 0 Å². The Kier molecular flexibility index (Phi) is 7.76. The third-order valence-electron chi connectivity index (χ3n) is 5.59. The van der Waals surface area contributed by atoms with Crippen LogP contribution in [0.25, 0.3) is 0 Å². The van der Waals surface area contributed by atoms with Crippen molar-refractivity contribution in [1.82, 2.24) is 15.5 Å². The predicted octanol–water partition coefficient (Wildman–Crippen LogP) is 3.54. The van der Waals surface area contributed by atoms with Gasteiger partial charge in [-0.2, -0.15) is 0 Å². The van der Waals surface area contributed by atoms with Crippen LogP contribution in [0.15, 0.2) is 42.5 Å². The molecule has 7 nitrogen and oxygen atoms in total. The second-order valence-corrected chi connectivity index (χ2v) is 7.61. The van der Waals surface area contributed by atoms with Crippen LogP contribution in [0.5, 0.6) is 11.5 Å². The van der Waals surface area contributed by atoms with Gasteiger partial charge in [-0.25, -0.2) is 4.79 Å². The molecule has 3 amide bonds. The lowest BCUT2D eigenvalue weighted by molar-refractivity contribution is 0.0950. The molecule has 0 spiro atoms. The summed E-state index contributed by atoms with van der Waals surface area (Å²) in [4.78, 5) is 26.8. The number of nitrogens with zero attached hydrogens (tertiary/aromatic N) is 1. The summed E-state index contributed by atoms with van der Waals surface area (Å²) >= 11 is 0. The van der Waals surface area contributed by atoms with E-state index in [0.717, 1.165) is 30.5 Å². The first-order chi connectivity index (χ1) is 15.0. The number of piperidine rings is 1. The molecule has 0 aliphatic carbocycles. The van der Waals surface area contributed by atoms with Gasteiger partial charge in [-0.1, -0.05) is 12.1 Å². The number of benzene rings is 2. The van der Waals surface area contributed by atoms with Crippen LogP contribution in [-0.4, -0.2) is 50.7 Å². The van der Waals surface area contributed by atoms with Gasteiger partial charge in [0.15, 0.2) is 0 Å². The summed E-state index contributed by atoms with van der Waals surface area (Å²) in [6.07, 6.45) is 1.96. The van der Waals surface area contributed by atoms with Crippen LogP contribution < -0.4 is 20.1 Å². The predicted molar refractivity (Wildman–Crippen MR) is 120 cm³/mol. The van der Waals surface area contributed by atoms with Crippen LogP contribution in [-0.2, 0) is 6.54 Å². The number of amides is 3. The molecule has 1 fully saturated rings. The molecule has 2 aromatic rings. The van der Waals surface area contributed by atoms with Crippen molar-refractivity contribution in [3.05, 3.63) is 59.2 Å². The highest BCUT2D eigenvalue weighted by atomic mass is 16.5. The van der Waals surface area contributed by atoms with Gasteiger partial charge >= 0.3 is 6.03 Å². The van der Waals surface area contributed by atoms with Crippen LogP contribution >= 0.6 is 0 Å². The van der Waals surface area contributed by atoms with E-state index in [2.05, 4.69) is 10.6 Å². The standard InChI is InChI=1S/C24H31N3O4/c1-4-25-24(29)27-12-6-9-20(16-27)17-7-5-8-18(13-17)23(28)26-15-19-10-11-21(30-2)14-22(19)31-3/h5,7-8,10-11,13-14,20H,4,6,9,12,15-16H2,1-3H3,(H,25,29)(H,26,28). The summed E-state index contributed by atoms with van der Waals surface area (Å²) in [5, 5.41) is 5.84. The van der Waals surface area contributed by atoms with Crippen molar-refractivity contribution in [2.45, 2.75) is 32.2 Å². The minimum absolute atomic E-state index is 0.0189. The van der Waals surface area contributed by atoms with E-state index in [1.807, 2.05) is 48.2 Å². The third-order valence-corrected chi connectivity index (χ3v) is 5.59. The molecule has 2 N–H and O–H groups in total. The molecule has 1 unspecified atom stereocenters. The minimum Gasteiger partial charge on any atom is -0.497 e. The number of ether oxygens (including phenoxy) is 2. The molecule has 3 rings (SSSR count). The number of rotatable bonds is 7. The zero-order valence-electron chi connectivity index (χ0n) is 18.4. The highest BCUT2D eigenvalue weighted by molar-refractivity contribution is 5.94. The first kappa shape index (κ1) is 22.5. The van der Waals surface area contributed by atoms with Gasteiger partial charge in [-0.05, 0) is 49.6 Å². The Hall–Kier alpha value is -3.22. The second-order valence-electron chi connectivity index (χ2n) is 7.61. The molecular formula is C24H31N3O4. The highest BCUT2D eigenvalue weighted by Gasteiger charge is 2.25. The van der Waals surface area contributed by atoms with Crippen LogP contribution in [0.3, 0.4) is 0 Å². The van der Waals surface area contributed by atoms with Crippen LogP contribution in [0.1, 0.15) is 47.2 Å². The number of urea groups is 1. The topological polar surface area (TPSA) is 79.9 Å². The lowest BCUT2D eigenvalue weighted by Crippen LogP contribution is -2.44. The van der Waals surface area contributed by atoms with Gasteiger partial charge in [-0.3, -0.25) is 4.79 Å². The number of likely N-dealkylation sites (tertiary alicyclic amines) is 1. The second kappa shape index (κ2) is 10.7. The van der Waals surface area contributed by atoms with Crippen molar-refractivity contribution in [2.75, 3.05) is 33.9 Å². The van der Waals surface area contributed by atoms with Gasteiger partial charge in [0.25, 0.3) is 5.91 Å². The summed E-state index contributed by atoms with van der Waals surface area (Å²) in [7, 11) is 3.20. The van der Waals surface area contributed by atoms with Crippen molar-refractivity contribution in [3.8, 4) is 11.5 Å². The van der Waals surface area contributed by atoms with Gasteiger partial charge in [0.1, 0.15) is 11.5 Å². The Balaban J connectivity index is 1.66. The fourth-order valence-corrected chi connectivity index (χ4v) is 3.91. The van der Waals surface area contributed by atoms with Gasteiger partial charge in [0, 0.05) is 49.3 Å². The molecule has 0 bridgehead atoms. The van der Waals surface area contributed by atoms with E-state index in [0.29, 0.717) is 36.7 Å².